The maximum Gasteiger partial charge on any atom is 0.269 e. The maximum absolute atomic E-state index is 11.2. The Morgan fingerprint density at radius 1 is 1.67 bits per heavy atom. The Kier molecular flexibility index (Phi) is 2.63. The molecule has 0 aromatic carbocycles. The largest absolute Gasteiger partial charge is 0.384 e. The van der Waals surface area contributed by atoms with Gasteiger partial charge in [0.15, 0.2) is 0 Å². The van der Waals surface area contributed by atoms with Gasteiger partial charge in [-0.05, 0) is 19.1 Å². The minimum absolute atomic E-state index is 0.190. The topological polar surface area (TPSA) is 68.0 Å². The molecule has 0 aliphatic carbocycles. The van der Waals surface area contributed by atoms with Crippen molar-refractivity contribution in [3.8, 4) is 0 Å². The van der Waals surface area contributed by atoms with Crippen molar-refractivity contribution in [3.05, 3.63) is 23.9 Å². The van der Waals surface area contributed by atoms with Crippen LogP contribution in [0.2, 0.25) is 0 Å². The van der Waals surface area contributed by atoms with Crippen LogP contribution in [0.5, 0.6) is 0 Å². The molecule has 0 unspecified atom stereocenters. The number of amides is 1. The zero-order valence-electron chi connectivity index (χ0n) is 6.87. The zero-order valence-corrected chi connectivity index (χ0v) is 6.87. The summed E-state index contributed by atoms with van der Waals surface area (Å²) in [5.74, 6) is 0.170. The van der Waals surface area contributed by atoms with E-state index in [-0.39, 0.29) is 5.91 Å². The van der Waals surface area contributed by atoms with Crippen LogP contribution in [0.3, 0.4) is 0 Å². The summed E-state index contributed by atoms with van der Waals surface area (Å²) in [5, 5.41) is 2.63. The van der Waals surface area contributed by atoms with Crippen LogP contribution in [0, 0.1) is 0 Å². The van der Waals surface area contributed by atoms with Gasteiger partial charge in [-0.15, -0.1) is 0 Å². The summed E-state index contributed by atoms with van der Waals surface area (Å²) in [6.45, 7) is 2.44. The minimum atomic E-state index is -0.190. The number of pyridine rings is 1. The van der Waals surface area contributed by atoms with Crippen molar-refractivity contribution in [3.63, 3.8) is 0 Å². The van der Waals surface area contributed by atoms with Crippen molar-refractivity contribution < 1.29 is 4.79 Å². The quantitative estimate of drug-likeness (QED) is 0.667. The Bertz CT molecular complexity index is 285. The molecule has 12 heavy (non-hydrogen) atoms. The predicted molar refractivity (Wildman–Crippen MR) is 46.7 cm³/mol. The molecule has 0 spiro atoms. The molecule has 0 radical (unpaired) electrons. The van der Waals surface area contributed by atoms with Gasteiger partial charge in [-0.3, -0.25) is 4.79 Å². The monoisotopic (exact) mass is 165 g/mol. The molecule has 1 aromatic heterocycles. The third kappa shape index (κ3) is 1.95. The van der Waals surface area contributed by atoms with Gasteiger partial charge < -0.3 is 11.1 Å². The summed E-state index contributed by atoms with van der Waals surface area (Å²) < 4.78 is 0. The number of rotatable bonds is 2. The normalized spacial score (nSPS) is 9.42. The van der Waals surface area contributed by atoms with Crippen LogP contribution in [0.15, 0.2) is 18.2 Å². The first-order chi connectivity index (χ1) is 5.74. The first-order valence-corrected chi connectivity index (χ1v) is 3.74. The Balaban J connectivity index is 2.81. The van der Waals surface area contributed by atoms with Gasteiger partial charge in [-0.25, -0.2) is 4.98 Å². The van der Waals surface area contributed by atoms with E-state index in [1.807, 2.05) is 6.92 Å². The van der Waals surface area contributed by atoms with E-state index in [0.717, 1.165) is 0 Å². The minimum Gasteiger partial charge on any atom is -0.384 e. The number of hydrogen-bond acceptors (Lipinski definition) is 3. The van der Waals surface area contributed by atoms with Gasteiger partial charge in [-0.1, -0.05) is 6.07 Å². The second-order valence-corrected chi connectivity index (χ2v) is 2.31. The standard InChI is InChI=1S/C8H11N3O/c1-2-10-8(12)6-4-3-5-7(9)11-6/h3-5H,2H2,1H3,(H2,9,11)(H,10,12). The smallest absolute Gasteiger partial charge is 0.269 e. The predicted octanol–water partition coefficient (Wildman–Crippen LogP) is 0.414. The molecular weight excluding hydrogens is 154 g/mol. The fraction of sp³-hybridized carbons (Fsp3) is 0.250. The fourth-order valence-corrected chi connectivity index (χ4v) is 0.829. The van der Waals surface area contributed by atoms with Gasteiger partial charge >= 0.3 is 0 Å². The molecule has 3 N–H and O–H groups in total. The molecule has 1 amide bonds. The number of anilines is 1. The van der Waals surface area contributed by atoms with Crippen molar-refractivity contribution in [1.29, 1.82) is 0 Å². The third-order valence-corrected chi connectivity index (χ3v) is 1.34. The van der Waals surface area contributed by atoms with Gasteiger partial charge in [0.25, 0.3) is 5.91 Å². The molecule has 4 nitrogen and oxygen atoms in total. The van der Waals surface area contributed by atoms with E-state index in [0.29, 0.717) is 18.1 Å². The first-order valence-electron chi connectivity index (χ1n) is 3.74. The highest BCUT2D eigenvalue weighted by molar-refractivity contribution is 5.92. The lowest BCUT2D eigenvalue weighted by molar-refractivity contribution is 0.0951. The molecule has 0 aliphatic rings. The van der Waals surface area contributed by atoms with Crippen LogP contribution in [-0.4, -0.2) is 17.4 Å². The highest BCUT2D eigenvalue weighted by Gasteiger charge is 2.04. The molecule has 0 bridgehead atoms. The van der Waals surface area contributed by atoms with Crippen LogP contribution < -0.4 is 11.1 Å². The Labute approximate surface area is 70.8 Å². The Hall–Kier alpha value is -1.58. The number of nitrogen functional groups attached to an aromatic ring is 1. The van der Waals surface area contributed by atoms with Crippen molar-refractivity contribution in [2.24, 2.45) is 0 Å². The number of nitrogens with one attached hydrogen (secondary N) is 1. The lowest BCUT2D eigenvalue weighted by Crippen LogP contribution is -2.23. The summed E-state index contributed by atoms with van der Waals surface area (Å²) in [4.78, 5) is 15.0. The summed E-state index contributed by atoms with van der Waals surface area (Å²) in [7, 11) is 0. The van der Waals surface area contributed by atoms with E-state index in [1.165, 1.54) is 0 Å². The van der Waals surface area contributed by atoms with Gasteiger partial charge in [0, 0.05) is 6.54 Å². The van der Waals surface area contributed by atoms with Crippen LogP contribution >= 0.6 is 0 Å². The average molecular weight is 165 g/mol. The lowest BCUT2D eigenvalue weighted by atomic mass is 10.3. The van der Waals surface area contributed by atoms with E-state index in [1.54, 1.807) is 18.2 Å². The maximum atomic E-state index is 11.2. The fourth-order valence-electron chi connectivity index (χ4n) is 0.829. The summed E-state index contributed by atoms with van der Waals surface area (Å²) in [6, 6.07) is 4.97. The van der Waals surface area contributed by atoms with E-state index < -0.39 is 0 Å². The highest BCUT2D eigenvalue weighted by atomic mass is 16.1. The number of hydrogen-bond donors (Lipinski definition) is 2. The van der Waals surface area contributed by atoms with Crippen molar-refractivity contribution >= 4 is 11.7 Å². The van der Waals surface area contributed by atoms with Gasteiger partial charge in [0.1, 0.15) is 11.5 Å². The number of nitrogens with zero attached hydrogens (tertiary/aromatic N) is 1. The van der Waals surface area contributed by atoms with Crippen LogP contribution in [0.25, 0.3) is 0 Å². The SMILES string of the molecule is CCNC(=O)c1cccc(N)n1. The molecule has 0 atom stereocenters. The zero-order chi connectivity index (χ0) is 8.97. The molecule has 1 heterocycles. The van der Waals surface area contributed by atoms with Crippen LogP contribution in [0.4, 0.5) is 5.82 Å². The average Bonchev–Trinajstić information content (AvgIpc) is 2.05. The van der Waals surface area contributed by atoms with E-state index in [9.17, 15) is 4.79 Å². The molecule has 0 fully saturated rings. The van der Waals surface area contributed by atoms with Gasteiger partial charge in [0.2, 0.25) is 0 Å². The molecule has 64 valence electrons. The van der Waals surface area contributed by atoms with Crippen LogP contribution in [-0.2, 0) is 0 Å². The van der Waals surface area contributed by atoms with E-state index in [4.69, 9.17) is 5.73 Å². The Morgan fingerprint density at radius 2 is 2.42 bits per heavy atom. The molecule has 1 aromatic rings. The van der Waals surface area contributed by atoms with Gasteiger partial charge in [-0.2, -0.15) is 0 Å². The second-order valence-electron chi connectivity index (χ2n) is 2.31. The van der Waals surface area contributed by atoms with Gasteiger partial charge in [0.05, 0.1) is 0 Å². The molecule has 0 aliphatic heterocycles. The first kappa shape index (κ1) is 8.52. The number of aromatic nitrogens is 1. The van der Waals surface area contributed by atoms with Crippen molar-refractivity contribution in [2.75, 3.05) is 12.3 Å². The molecular formula is C8H11N3O. The number of carbonyl (C=O) groups excluding carboxylic acids is 1. The highest BCUT2D eigenvalue weighted by Crippen LogP contribution is 1.99. The summed E-state index contributed by atoms with van der Waals surface area (Å²) >= 11 is 0. The molecule has 1 rings (SSSR count). The third-order valence-electron chi connectivity index (χ3n) is 1.34. The number of carbonyl (C=O) groups is 1. The second kappa shape index (κ2) is 3.71. The van der Waals surface area contributed by atoms with E-state index >= 15 is 0 Å². The van der Waals surface area contributed by atoms with Crippen molar-refractivity contribution in [1.82, 2.24) is 10.3 Å². The summed E-state index contributed by atoms with van der Waals surface area (Å²) in [5.41, 5.74) is 5.76. The molecule has 4 heteroatoms. The summed E-state index contributed by atoms with van der Waals surface area (Å²) in [6.07, 6.45) is 0. The number of nitrogens with two attached hydrogens (primary N) is 1. The lowest BCUT2D eigenvalue weighted by Gasteiger charge is -2.00. The van der Waals surface area contributed by atoms with E-state index in [2.05, 4.69) is 10.3 Å². The Morgan fingerprint density at radius 3 is 3.00 bits per heavy atom. The van der Waals surface area contributed by atoms with Crippen LogP contribution in [0.1, 0.15) is 17.4 Å². The molecule has 0 saturated carbocycles. The van der Waals surface area contributed by atoms with Crippen molar-refractivity contribution in [2.45, 2.75) is 6.92 Å². The molecule has 0 saturated heterocycles.